The molecule has 0 bridgehead atoms. The van der Waals surface area contributed by atoms with Gasteiger partial charge in [-0.25, -0.2) is 0 Å². The van der Waals surface area contributed by atoms with Gasteiger partial charge in [0.15, 0.2) is 0 Å². The van der Waals surface area contributed by atoms with Gasteiger partial charge in [-0.3, -0.25) is 14.5 Å². The third-order valence-corrected chi connectivity index (χ3v) is 2.86. The van der Waals surface area contributed by atoms with E-state index in [2.05, 4.69) is 12.6 Å². The van der Waals surface area contributed by atoms with Crippen molar-refractivity contribution in [3.05, 3.63) is 0 Å². The van der Waals surface area contributed by atoms with Crippen LogP contribution in [-0.2, 0) is 9.59 Å². The van der Waals surface area contributed by atoms with Gasteiger partial charge in [0.1, 0.15) is 0 Å². The van der Waals surface area contributed by atoms with E-state index in [0.29, 0.717) is 6.42 Å². The van der Waals surface area contributed by atoms with Gasteiger partial charge in [-0.2, -0.15) is 12.6 Å². The molecule has 3 nitrogen and oxygen atoms in total. The SMILES string of the molecule is CC(C)N1C(=O)CC(C(C)(C)S)C1=O. The fourth-order valence-corrected chi connectivity index (χ4v) is 1.95. The zero-order chi connectivity index (χ0) is 11.1. The van der Waals surface area contributed by atoms with Crippen molar-refractivity contribution in [2.24, 2.45) is 5.92 Å². The predicted octanol–water partition coefficient (Wildman–Crippen LogP) is 1.48. The molecule has 1 unspecified atom stereocenters. The maximum Gasteiger partial charge on any atom is 0.234 e. The van der Waals surface area contributed by atoms with Crippen molar-refractivity contribution >= 4 is 24.4 Å². The van der Waals surface area contributed by atoms with Gasteiger partial charge < -0.3 is 0 Å². The molecule has 1 saturated heterocycles. The molecular weight excluding hydrogens is 198 g/mol. The number of nitrogens with zero attached hydrogens (tertiary/aromatic N) is 1. The van der Waals surface area contributed by atoms with Gasteiger partial charge in [0.05, 0.1) is 5.92 Å². The van der Waals surface area contributed by atoms with E-state index in [9.17, 15) is 9.59 Å². The Hall–Kier alpha value is -0.510. The molecule has 80 valence electrons. The normalized spacial score (nSPS) is 23.9. The van der Waals surface area contributed by atoms with Crippen molar-refractivity contribution in [1.29, 1.82) is 0 Å². The fraction of sp³-hybridized carbons (Fsp3) is 0.800. The highest BCUT2D eigenvalue weighted by molar-refractivity contribution is 7.81. The smallest absolute Gasteiger partial charge is 0.234 e. The predicted molar refractivity (Wildman–Crippen MR) is 58.2 cm³/mol. The van der Waals surface area contributed by atoms with E-state index >= 15 is 0 Å². The lowest BCUT2D eigenvalue weighted by Gasteiger charge is -2.25. The minimum absolute atomic E-state index is 0.0457. The quantitative estimate of drug-likeness (QED) is 0.559. The summed E-state index contributed by atoms with van der Waals surface area (Å²) in [6.45, 7) is 7.44. The van der Waals surface area contributed by atoms with Crippen LogP contribution < -0.4 is 0 Å². The van der Waals surface area contributed by atoms with Crippen molar-refractivity contribution in [3.63, 3.8) is 0 Å². The molecule has 0 aromatic heterocycles. The number of hydrogen-bond acceptors (Lipinski definition) is 3. The van der Waals surface area contributed by atoms with Crippen LogP contribution in [0.15, 0.2) is 0 Å². The standard InChI is InChI=1S/C10H17NO2S/c1-6(2)11-8(12)5-7(9(11)13)10(3,4)14/h6-7,14H,5H2,1-4H3. The van der Waals surface area contributed by atoms with E-state index in [1.54, 1.807) is 0 Å². The third kappa shape index (κ3) is 1.95. The molecule has 1 aliphatic rings. The molecule has 0 spiro atoms. The Labute approximate surface area is 90.3 Å². The Morgan fingerprint density at radius 3 is 2.14 bits per heavy atom. The first-order valence-electron chi connectivity index (χ1n) is 4.83. The molecule has 1 rings (SSSR count). The average Bonchev–Trinajstić information content (AvgIpc) is 2.24. The zero-order valence-corrected chi connectivity index (χ0v) is 9.97. The molecule has 2 amide bonds. The number of hydrogen-bond donors (Lipinski definition) is 1. The van der Waals surface area contributed by atoms with Gasteiger partial charge in [-0.1, -0.05) is 13.8 Å². The molecule has 0 aromatic carbocycles. The molecule has 1 atom stereocenters. The first kappa shape index (κ1) is 11.6. The Morgan fingerprint density at radius 2 is 1.93 bits per heavy atom. The summed E-state index contributed by atoms with van der Waals surface area (Å²) in [6.07, 6.45) is 0.299. The van der Waals surface area contributed by atoms with Crippen LogP contribution in [0, 0.1) is 5.92 Å². The number of carbonyl (C=O) groups is 2. The van der Waals surface area contributed by atoms with Crippen LogP contribution >= 0.6 is 12.6 Å². The fourth-order valence-electron chi connectivity index (χ4n) is 1.75. The average molecular weight is 215 g/mol. The summed E-state index contributed by atoms with van der Waals surface area (Å²) in [5, 5.41) is 0. The van der Waals surface area contributed by atoms with E-state index in [4.69, 9.17) is 0 Å². The number of rotatable bonds is 2. The topological polar surface area (TPSA) is 37.4 Å². The second kappa shape index (κ2) is 3.57. The first-order valence-corrected chi connectivity index (χ1v) is 5.28. The highest BCUT2D eigenvalue weighted by atomic mass is 32.1. The van der Waals surface area contributed by atoms with Crippen molar-refractivity contribution in [2.45, 2.75) is 44.9 Å². The van der Waals surface area contributed by atoms with Crippen LogP contribution in [0.3, 0.4) is 0 Å². The van der Waals surface area contributed by atoms with Gasteiger partial charge in [0.25, 0.3) is 0 Å². The minimum atomic E-state index is -0.420. The van der Waals surface area contributed by atoms with Gasteiger partial charge in [-0.05, 0) is 13.8 Å². The largest absolute Gasteiger partial charge is 0.280 e. The molecule has 0 aliphatic carbocycles. The maximum absolute atomic E-state index is 11.9. The highest BCUT2D eigenvalue weighted by Crippen LogP contribution is 2.34. The van der Waals surface area contributed by atoms with E-state index in [1.165, 1.54) is 4.90 Å². The van der Waals surface area contributed by atoms with Crippen molar-refractivity contribution < 1.29 is 9.59 Å². The second-order valence-electron chi connectivity index (χ2n) is 4.61. The summed E-state index contributed by atoms with van der Waals surface area (Å²) in [5.41, 5.74) is 0. The highest BCUT2D eigenvalue weighted by Gasteiger charge is 2.45. The molecule has 0 saturated carbocycles. The molecule has 1 aliphatic heterocycles. The van der Waals surface area contributed by atoms with Crippen LogP contribution in [-0.4, -0.2) is 27.5 Å². The van der Waals surface area contributed by atoms with E-state index in [0.717, 1.165) is 0 Å². The molecule has 0 radical (unpaired) electrons. The molecule has 0 aromatic rings. The summed E-state index contributed by atoms with van der Waals surface area (Å²) in [7, 11) is 0. The summed E-state index contributed by atoms with van der Waals surface area (Å²) in [4.78, 5) is 24.8. The van der Waals surface area contributed by atoms with Gasteiger partial charge in [-0.15, -0.1) is 0 Å². The van der Waals surface area contributed by atoms with Crippen LogP contribution in [0.25, 0.3) is 0 Å². The molecule has 0 N–H and O–H groups in total. The van der Waals surface area contributed by atoms with Gasteiger partial charge >= 0.3 is 0 Å². The second-order valence-corrected chi connectivity index (χ2v) is 5.76. The van der Waals surface area contributed by atoms with E-state index in [1.807, 2.05) is 27.7 Å². The van der Waals surface area contributed by atoms with Gasteiger partial charge in [0.2, 0.25) is 11.8 Å². The van der Waals surface area contributed by atoms with Crippen molar-refractivity contribution in [2.75, 3.05) is 0 Å². The Morgan fingerprint density at radius 1 is 1.43 bits per heavy atom. The summed E-state index contributed by atoms with van der Waals surface area (Å²) < 4.78 is -0.420. The molecule has 1 heterocycles. The molecule has 1 fully saturated rings. The lowest BCUT2D eigenvalue weighted by Crippen LogP contribution is -2.39. The number of carbonyl (C=O) groups excluding carboxylic acids is 2. The monoisotopic (exact) mass is 215 g/mol. The number of amides is 2. The Bertz CT molecular complexity index is 268. The van der Waals surface area contributed by atoms with E-state index in [-0.39, 0.29) is 23.8 Å². The van der Waals surface area contributed by atoms with Crippen LogP contribution in [0.5, 0.6) is 0 Å². The first-order chi connectivity index (χ1) is 6.25. The number of imide groups is 1. The molecular formula is C10H17NO2S. The lowest BCUT2D eigenvalue weighted by molar-refractivity contribution is -0.141. The Balaban J connectivity index is 2.91. The van der Waals surface area contributed by atoms with Crippen LogP contribution in [0.2, 0.25) is 0 Å². The minimum Gasteiger partial charge on any atom is -0.280 e. The van der Waals surface area contributed by atoms with Gasteiger partial charge in [0, 0.05) is 17.2 Å². The van der Waals surface area contributed by atoms with Crippen LogP contribution in [0.4, 0.5) is 0 Å². The lowest BCUT2D eigenvalue weighted by atomic mass is 9.93. The van der Waals surface area contributed by atoms with E-state index < -0.39 is 4.75 Å². The summed E-state index contributed by atoms with van der Waals surface area (Å²) >= 11 is 4.36. The number of thiol groups is 1. The molecule has 14 heavy (non-hydrogen) atoms. The Kier molecular flexibility index (Phi) is 2.95. The van der Waals surface area contributed by atoms with Crippen molar-refractivity contribution in [3.8, 4) is 0 Å². The zero-order valence-electron chi connectivity index (χ0n) is 9.07. The maximum atomic E-state index is 11.9. The summed E-state index contributed by atoms with van der Waals surface area (Å²) in [6, 6.07) is -0.0457. The van der Waals surface area contributed by atoms with Crippen molar-refractivity contribution in [1.82, 2.24) is 4.90 Å². The van der Waals surface area contributed by atoms with Crippen LogP contribution in [0.1, 0.15) is 34.1 Å². The molecule has 4 heteroatoms. The third-order valence-electron chi connectivity index (χ3n) is 2.55. The summed E-state index contributed by atoms with van der Waals surface area (Å²) in [5.74, 6) is -0.428. The number of likely N-dealkylation sites (tertiary alicyclic amines) is 1.